The maximum absolute atomic E-state index is 6.88. The SMILES string of the molecule is c1ccc(-c2nc(-c3cccc4ccccc34)nc(-c3cccc4c3oc3ccc5ccc(-n6c7cc8ccccc8cc7c7ccc8ccccc8c76)cc5c34)n2)cc1. The van der Waals surface area contributed by atoms with Crippen molar-refractivity contribution < 1.29 is 4.42 Å². The van der Waals surface area contributed by atoms with Crippen LogP contribution in [0.4, 0.5) is 0 Å². The second kappa shape index (κ2) is 12.7. The number of hydrogen-bond acceptors (Lipinski definition) is 4. The van der Waals surface area contributed by atoms with E-state index in [4.69, 9.17) is 19.4 Å². The van der Waals surface area contributed by atoms with Gasteiger partial charge in [-0.3, -0.25) is 0 Å². The van der Waals surface area contributed by atoms with Crippen molar-refractivity contribution >= 4 is 86.8 Å². The summed E-state index contributed by atoms with van der Waals surface area (Å²) in [5.74, 6) is 1.79. The normalized spacial score (nSPS) is 12.0. The summed E-state index contributed by atoms with van der Waals surface area (Å²) >= 11 is 0. The molecule has 5 heteroatoms. The second-order valence-electron chi connectivity index (χ2n) is 15.6. The van der Waals surface area contributed by atoms with Crippen molar-refractivity contribution in [1.82, 2.24) is 19.5 Å². The molecule has 5 nitrogen and oxygen atoms in total. The van der Waals surface area contributed by atoms with Crippen LogP contribution in [-0.4, -0.2) is 19.5 Å². The molecule has 0 saturated heterocycles. The fraction of sp³-hybridized carbons (Fsp3) is 0. The highest BCUT2D eigenvalue weighted by Gasteiger charge is 2.21. The van der Waals surface area contributed by atoms with E-state index >= 15 is 0 Å². The van der Waals surface area contributed by atoms with Crippen LogP contribution in [0.1, 0.15) is 0 Å². The fourth-order valence-corrected chi connectivity index (χ4v) is 9.40. The fourth-order valence-electron chi connectivity index (χ4n) is 9.40. The Bertz CT molecular complexity index is 3890. The lowest BCUT2D eigenvalue weighted by Gasteiger charge is -2.12. The molecule has 10 aromatic carbocycles. The molecule has 0 bridgehead atoms. The van der Waals surface area contributed by atoms with E-state index in [1.807, 2.05) is 30.3 Å². The summed E-state index contributed by atoms with van der Waals surface area (Å²) in [6.45, 7) is 0. The lowest BCUT2D eigenvalue weighted by atomic mass is 10.0. The highest BCUT2D eigenvalue weighted by molar-refractivity contribution is 6.23. The van der Waals surface area contributed by atoms with Crippen molar-refractivity contribution in [2.75, 3.05) is 0 Å². The van der Waals surface area contributed by atoms with Gasteiger partial charge in [-0.25, -0.2) is 15.0 Å². The number of rotatable bonds is 4. The van der Waals surface area contributed by atoms with Gasteiger partial charge in [0.05, 0.1) is 16.6 Å². The van der Waals surface area contributed by atoms with Gasteiger partial charge in [0.1, 0.15) is 11.2 Å². The third-order valence-electron chi connectivity index (χ3n) is 12.2. The lowest BCUT2D eigenvalue weighted by Crippen LogP contribution is -2.00. The van der Waals surface area contributed by atoms with Crippen molar-refractivity contribution in [2.24, 2.45) is 0 Å². The molecule has 0 aliphatic carbocycles. The third kappa shape index (κ3) is 4.90. The number of fused-ring (bicyclic) bond motifs is 12. The second-order valence-corrected chi connectivity index (χ2v) is 15.6. The van der Waals surface area contributed by atoms with Crippen LogP contribution in [-0.2, 0) is 0 Å². The molecule has 0 unspecified atom stereocenters. The highest BCUT2D eigenvalue weighted by Crippen LogP contribution is 2.42. The van der Waals surface area contributed by atoms with Crippen molar-refractivity contribution in [2.45, 2.75) is 0 Å². The molecule has 0 N–H and O–H groups in total. The van der Waals surface area contributed by atoms with E-state index in [0.29, 0.717) is 17.5 Å². The Morgan fingerprint density at radius 1 is 0.367 bits per heavy atom. The standard InChI is InChI=1S/C55H32N4O/c1-2-14-36(15-3-1)53-56-54(43-21-10-18-33-12-6-8-19-40(33)43)58-55(57-53)45-23-11-22-44-50-46-32-39(27-24-35(46)26-29-49(50)60-52(44)45)59-48-31-38-17-5-4-16-37(38)30-47(48)42-28-25-34-13-7-9-20-41(34)51(42)59/h1-32H. The molecular formula is C55H32N4O. The largest absolute Gasteiger partial charge is 0.455 e. The van der Waals surface area contributed by atoms with Crippen LogP contribution in [0.25, 0.3) is 127 Å². The Hall–Kier alpha value is -8.15. The van der Waals surface area contributed by atoms with Gasteiger partial charge >= 0.3 is 0 Å². The van der Waals surface area contributed by atoms with Crippen LogP contribution in [0.5, 0.6) is 0 Å². The first-order valence-corrected chi connectivity index (χ1v) is 20.3. The molecular weight excluding hydrogens is 733 g/mol. The van der Waals surface area contributed by atoms with Gasteiger partial charge in [-0.15, -0.1) is 0 Å². The number of aromatic nitrogens is 4. The third-order valence-corrected chi connectivity index (χ3v) is 12.2. The average Bonchev–Trinajstić information content (AvgIpc) is 3.86. The van der Waals surface area contributed by atoms with E-state index in [2.05, 4.69) is 168 Å². The number of nitrogens with zero attached hydrogens (tertiary/aromatic N) is 4. The van der Waals surface area contributed by atoms with Crippen molar-refractivity contribution in [3.63, 3.8) is 0 Å². The van der Waals surface area contributed by atoms with Crippen molar-refractivity contribution in [1.29, 1.82) is 0 Å². The van der Waals surface area contributed by atoms with Crippen LogP contribution in [0, 0.1) is 0 Å². The molecule has 0 radical (unpaired) electrons. The molecule has 0 amide bonds. The quantitative estimate of drug-likeness (QED) is 0.179. The van der Waals surface area contributed by atoms with E-state index in [-0.39, 0.29) is 0 Å². The van der Waals surface area contributed by atoms with Crippen LogP contribution >= 0.6 is 0 Å². The number of para-hydroxylation sites is 1. The minimum Gasteiger partial charge on any atom is -0.455 e. The molecule has 0 spiro atoms. The molecule has 0 atom stereocenters. The molecule has 13 aromatic rings. The molecule has 3 aromatic heterocycles. The summed E-state index contributed by atoms with van der Waals surface area (Å²) in [6, 6.07) is 68.7. The summed E-state index contributed by atoms with van der Waals surface area (Å²) in [5, 5.41) is 13.9. The predicted molar refractivity (Wildman–Crippen MR) is 248 cm³/mol. The summed E-state index contributed by atoms with van der Waals surface area (Å²) < 4.78 is 9.33. The summed E-state index contributed by atoms with van der Waals surface area (Å²) in [6.07, 6.45) is 0. The maximum Gasteiger partial charge on any atom is 0.167 e. The number of furan rings is 1. The Kier molecular flexibility index (Phi) is 6.95. The Balaban J connectivity index is 1.06. The van der Waals surface area contributed by atoms with Crippen LogP contribution in [0.2, 0.25) is 0 Å². The zero-order chi connectivity index (χ0) is 39.3. The van der Waals surface area contributed by atoms with Crippen LogP contribution in [0.15, 0.2) is 199 Å². The Morgan fingerprint density at radius 3 is 1.82 bits per heavy atom. The molecule has 0 aliphatic rings. The van der Waals surface area contributed by atoms with Gasteiger partial charge in [0.25, 0.3) is 0 Å². The van der Waals surface area contributed by atoms with E-state index in [1.165, 1.54) is 43.4 Å². The summed E-state index contributed by atoms with van der Waals surface area (Å²) in [7, 11) is 0. The van der Waals surface area contributed by atoms with Crippen molar-refractivity contribution in [3.8, 4) is 39.9 Å². The maximum atomic E-state index is 6.88. The Labute approximate surface area is 343 Å². The molecule has 13 rings (SSSR count). The number of hydrogen-bond donors (Lipinski definition) is 0. The van der Waals surface area contributed by atoms with E-state index in [9.17, 15) is 0 Å². The molecule has 3 heterocycles. The first-order chi connectivity index (χ1) is 29.7. The molecule has 0 fully saturated rings. The molecule has 0 saturated carbocycles. The first kappa shape index (κ1) is 32.9. The van der Waals surface area contributed by atoms with E-state index < -0.39 is 0 Å². The average molecular weight is 765 g/mol. The minimum absolute atomic E-state index is 0.561. The smallest absolute Gasteiger partial charge is 0.167 e. The van der Waals surface area contributed by atoms with Gasteiger partial charge in [-0.1, -0.05) is 158 Å². The molecule has 60 heavy (non-hydrogen) atoms. The van der Waals surface area contributed by atoms with Gasteiger partial charge in [0.2, 0.25) is 0 Å². The highest BCUT2D eigenvalue weighted by atomic mass is 16.3. The number of benzene rings is 10. The van der Waals surface area contributed by atoms with E-state index in [0.717, 1.165) is 65.9 Å². The first-order valence-electron chi connectivity index (χ1n) is 20.3. The van der Waals surface area contributed by atoms with E-state index in [1.54, 1.807) is 0 Å². The van der Waals surface area contributed by atoms with Gasteiger partial charge in [-0.05, 0) is 74.1 Å². The van der Waals surface area contributed by atoms with Crippen LogP contribution < -0.4 is 0 Å². The summed E-state index contributed by atoms with van der Waals surface area (Å²) in [5.41, 5.74) is 7.72. The zero-order valence-electron chi connectivity index (χ0n) is 32.2. The predicted octanol–water partition coefficient (Wildman–Crippen LogP) is 14.5. The lowest BCUT2D eigenvalue weighted by molar-refractivity contribution is 0.670. The van der Waals surface area contributed by atoms with Gasteiger partial charge in [0.15, 0.2) is 17.5 Å². The topological polar surface area (TPSA) is 56.7 Å². The van der Waals surface area contributed by atoms with Gasteiger partial charge < -0.3 is 8.98 Å². The molecule has 0 aliphatic heterocycles. The van der Waals surface area contributed by atoms with Crippen LogP contribution in [0.3, 0.4) is 0 Å². The van der Waals surface area contributed by atoms with Crippen molar-refractivity contribution in [3.05, 3.63) is 194 Å². The summed E-state index contributed by atoms with van der Waals surface area (Å²) in [4.78, 5) is 15.4. The zero-order valence-corrected chi connectivity index (χ0v) is 32.2. The monoisotopic (exact) mass is 764 g/mol. The van der Waals surface area contributed by atoms with Gasteiger partial charge in [-0.2, -0.15) is 0 Å². The van der Waals surface area contributed by atoms with Gasteiger partial charge in [0, 0.05) is 43.7 Å². The Morgan fingerprint density at radius 2 is 0.967 bits per heavy atom. The minimum atomic E-state index is 0.561. The molecule has 278 valence electrons.